The van der Waals surface area contributed by atoms with Crippen molar-refractivity contribution >= 4 is 5.91 Å². The van der Waals surface area contributed by atoms with Crippen LogP contribution in [0.5, 0.6) is 0 Å². The van der Waals surface area contributed by atoms with Crippen molar-refractivity contribution in [2.45, 2.75) is 44.6 Å². The van der Waals surface area contributed by atoms with Crippen LogP contribution in [0.4, 0.5) is 0 Å². The van der Waals surface area contributed by atoms with Crippen LogP contribution in [0.1, 0.15) is 48.9 Å². The number of H-pyrrole nitrogens is 1. The van der Waals surface area contributed by atoms with Crippen LogP contribution < -0.4 is 5.56 Å². The number of aromatic nitrogens is 1. The Kier molecular flexibility index (Phi) is 4.67. The highest BCUT2D eigenvalue weighted by atomic mass is 16.5. The molecule has 136 valence electrons. The molecule has 0 radical (unpaired) electrons. The molecular formula is C20H28N2O3. The van der Waals surface area contributed by atoms with E-state index < -0.39 is 0 Å². The maximum absolute atomic E-state index is 13.2. The molecule has 0 unspecified atom stereocenters. The van der Waals surface area contributed by atoms with Crippen LogP contribution in [-0.4, -0.2) is 42.1 Å². The Bertz CT molecular complexity index is 686. The molecule has 1 aromatic rings. The second kappa shape index (κ2) is 6.94. The summed E-state index contributed by atoms with van der Waals surface area (Å²) in [6, 6.07) is 3.49. The van der Waals surface area contributed by atoms with Gasteiger partial charge in [-0.2, -0.15) is 0 Å². The third-order valence-electron chi connectivity index (χ3n) is 6.82. The number of carbonyl (C=O) groups excluding carboxylic acids is 1. The Morgan fingerprint density at radius 1 is 1.28 bits per heavy atom. The first-order valence-electron chi connectivity index (χ1n) is 9.67. The second-order valence-electron chi connectivity index (χ2n) is 8.01. The number of hydrogen-bond acceptors (Lipinski definition) is 3. The molecule has 5 nitrogen and oxygen atoms in total. The van der Waals surface area contributed by atoms with Crippen molar-refractivity contribution in [1.82, 2.24) is 9.88 Å². The van der Waals surface area contributed by atoms with Crippen LogP contribution in [0.2, 0.25) is 0 Å². The van der Waals surface area contributed by atoms with Crippen molar-refractivity contribution in [2.24, 2.45) is 23.7 Å². The molecule has 5 heteroatoms. The lowest BCUT2D eigenvalue weighted by atomic mass is 9.78. The van der Waals surface area contributed by atoms with E-state index in [1.54, 1.807) is 19.4 Å². The van der Waals surface area contributed by atoms with Crippen LogP contribution in [0.3, 0.4) is 0 Å². The molecule has 1 amide bonds. The smallest absolute Gasteiger partial charge is 0.254 e. The highest BCUT2D eigenvalue weighted by Gasteiger charge is 2.55. The Morgan fingerprint density at radius 3 is 2.92 bits per heavy atom. The van der Waals surface area contributed by atoms with Gasteiger partial charge in [-0.05, 0) is 61.8 Å². The summed E-state index contributed by atoms with van der Waals surface area (Å²) in [5.74, 6) is 3.21. The van der Waals surface area contributed by atoms with Gasteiger partial charge >= 0.3 is 0 Å². The number of methoxy groups -OCH3 is 1. The average molecular weight is 344 g/mol. The normalized spacial score (nSPS) is 32.8. The summed E-state index contributed by atoms with van der Waals surface area (Å²) < 4.78 is 5.20. The summed E-state index contributed by atoms with van der Waals surface area (Å²) in [5.41, 5.74) is 0.290. The largest absolute Gasteiger partial charge is 0.385 e. The minimum atomic E-state index is -0.216. The molecule has 1 aromatic heterocycles. The number of carbonyl (C=O) groups is 1. The summed E-state index contributed by atoms with van der Waals surface area (Å²) in [6.07, 6.45) is 8.94. The summed E-state index contributed by atoms with van der Waals surface area (Å²) in [5, 5.41) is 0. The van der Waals surface area contributed by atoms with Gasteiger partial charge in [-0.25, -0.2) is 0 Å². The average Bonchev–Trinajstić information content (AvgIpc) is 3.31. The topological polar surface area (TPSA) is 62.4 Å². The lowest BCUT2D eigenvalue weighted by Crippen LogP contribution is -2.47. The van der Waals surface area contributed by atoms with Gasteiger partial charge in [0.1, 0.15) is 0 Å². The highest BCUT2D eigenvalue weighted by molar-refractivity contribution is 5.94. The lowest BCUT2D eigenvalue weighted by molar-refractivity contribution is 0.0493. The predicted molar refractivity (Wildman–Crippen MR) is 95.4 cm³/mol. The van der Waals surface area contributed by atoms with Crippen LogP contribution in [0.15, 0.2) is 23.1 Å². The summed E-state index contributed by atoms with van der Waals surface area (Å²) >= 11 is 0. The van der Waals surface area contributed by atoms with Crippen molar-refractivity contribution in [3.05, 3.63) is 34.2 Å². The van der Waals surface area contributed by atoms with Gasteiger partial charge in [-0.3, -0.25) is 9.59 Å². The van der Waals surface area contributed by atoms with Crippen molar-refractivity contribution in [3.8, 4) is 0 Å². The molecule has 3 saturated carbocycles. The van der Waals surface area contributed by atoms with Crippen molar-refractivity contribution in [1.29, 1.82) is 0 Å². The Morgan fingerprint density at radius 2 is 2.12 bits per heavy atom. The number of pyridine rings is 1. The van der Waals surface area contributed by atoms with Crippen molar-refractivity contribution in [2.75, 3.05) is 20.3 Å². The second-order valence-corrected chi connectivity index (χ2v) is 8.01. The van der Waals surface area contributed by atoms with Crippen molar-refractivity contribution in [3.63, 3.8) is 0 Å². The van der Waals surface area contributed by atoms with E-state index in [0.29, 0.717) is 30.7 Å². The van der Waals surface area contributed by atoms with E-state index in [4.69, 9.17) is 4.74 Å². The Hall–Kier alpha value is -1.62. The third-order valence-corrected chi connectivity index (χ3v) is 6.82. The maximum atomic E-state index is 13.2. The lowest BCUT2D eigenvalue weighted by Gasteiger charge is -2.39. The molecule has 4 rings (SSSR count). The van der Waals surface area contributed by atoms with Crippen LogP contribution in [0.25, 0.3) is 0 Å². The molecule has 0 aliphatic heterocycles. The van der Waals surface area contributed by atoms with Crippen LogP contribution in [0, 0.1) is 23.7 Å². The molecule has 3 fully saturated rings. The first-order chi connectivity index (χ1) is 12.2. The first kappa shape index (κ1) is 16.8. The molecule has 3 aliphatic carbocycles. The molecular weight excluding hydrogens is 316 g/mol. The van der Waals surface area contributed by atoms with E-state index >= 15 is 0 Å². The molecule has 0 aromatic carbocycles. The van der Waals surface area contributed by atoms with E-state index in [9.17, 15) is 9.59 Å². The Balaban J connectivity index is 1.56. The number of nitrogens with zero attached hydrogens (tertiary/aromatic N) is 1. The Labute approximate surface area is 148 Å². The minimum absolute atomic E-state index is 0.00861. The van der Waals surface area contributed by atoms with E-state index in [2.05, 4.69) is 9.88 Å². The zero-order valence-electron chi connectivity index (χ0n) is 14.9. The fraction of sp³-hybridized carbons (Fsp3) is 0.700. The first-order valence-corrected chi connectivity index (χ1v) is 9.67. The number of aromatic amines is 1. The fourth-order valence-electron chi connectivity index (χ4n) is 5.93. The van der Waals surface area contributed by atoms with E-state index in [-0.39, 0.29) is 11.5 Å². The number of hydrogen-bond donors (Lipinski definition) is 1. The number of ether oxygens (including phenoxy) is 1. The summed E-state index contributed by atoms with van der Waals surface area (Å²) in [4.78, 5) is 29.5. The number of amides is 1. The standard InChI is InChI=1S/C20H28N2O3/c1-25-9-3-8-22(20(24)13-6-7-21-19(23)12-13)18-11-14-10-17(18)16-5-2-4-15(14)16/h6-7,12,14-18H,2-5,8-11H2,1H3,(H,21,23)/t14-,15+,16-,17+,18-/m1/s1. The molecule has 5 atom stereocenters. The molecule has 0 spiro atoms. The maximum Gasteiger partial charge on any atom is 0.254 e. The molecule has 25 heavy (non-hydrogen) atoms. The van der Waals surface area contributed by atoms with Gasteiger partial charge in [-0.15, -0.1) is 0 Å². The van der Waals surface area contributed by atoms with Crippen LogP contribution >= 0.6 is 0 Å². The van der Waals surface area contributed by atoms with Gasteiger partial charge in [0.05, 0.1) is 0 Å². The molecule has 1 heterocycles. The van der Waals surface area contributed by atoms with Crippen LogP contribution in [-0.2, 0) is 4.74 Å². The zero-order valence-corrected chi connectivity index (χ0v) is 14.9. The van der Waals surface area contributed by atoms with Gasteiger partial charge in [0.2, 0.25) is 5.56 Å². The number of fused-ring (bicyclic) bond motifs is 5. The van der Waals surface area contributed by atoms with Crippen molar-refractivity contribution < 1.29 is 9.53 Å². The van der Waals surface area contributed by atoms with Gasteiger partial charge < -0.3 is 14.6 Å². The highest BCUT2D eigenvalue weighted by Crippen LogP contribution is 2.59. The quantitative estimate of drug-likeness (QED) is 0.807. The monoisotopic (exact) mass is 344 g/mol. The van der Waals surface area contributed by atoms with E-state index in [1.165, 1.54) is 31.7 Å². The van der Waals surface area contributed by atoms with Gasteiger partial charge in [0.25, 0.3) is 5.91 Å². The van der Waals surface area contributed by atoms with Gasteiger partial charge in [-0.1, -0.05) is 6.42 Å². The van der Waals surface area contributed by atoms with E-state index in [0.717, 1.165) is 30.6 Å². The van der Waals surface area contributed by atoms with E-state index in [1.807, 2.05) is 0 Å². The number of rotatable bonds is 6. The fourth-order valence-corrected chi connectivity index (χ4v) is 5.93. The minimum Gasteiger partial charge on any atom is -0.385 e. The number of nitrogens with one attached hydrogen (secondary N) is 1. The molecule has 2 bridgehead atoms. The summed E-state index contributed by atoms with van der Waals surface area (Å²) in [7, 11) is 1.70. The third kappa shape index (κ3) is 3.03. The molecule has 0 saturated heterocycles. The zero-order chi connectivity index (χ0) is 17.4. The van der Waals surface area contributed by atoms with Gasteiger partial charge in [0, 0.05) is 44.1 Å². The van der Waals surface area contributed by atoms with Gasteiger partial charge in [0.15, 0.2) is 0 Å². The molecule has 3 aliphatic rings. The molecule has 1 N–H and O–H groups in total. The summed E-state index contributed by atoms with van der Waals surface area (Å²) in [6.45, 7) is 1.37. The predicted octanol–water partition coefficient (Wildman–Crippen LogP) is 2.68. The SMILES string of the molecule is COCCCN(C(=O)c1cc[nH]c(=O)c1)[C@@H]1C[C@H]2C[C@H]1[C@@H]1CCC[C@@H]21.